The number of ether oxygens (including phenoxy) is 1. The van der Waals surface area contributed by atoms with Crippen molar-refractivity contribution in [3.63, 3.8) is 0 Å². The van der Waals surface area contributed by atoms with Crippen molar-refractivity contribution in [3.05, 3.63) is 29.8 Å². The first-order valence-electron chi connectivity index (χ1n) is 7.34. The molecule has 0 N–H and O–H groups in total. The molecule has 1 aliphatic heterocycles. The molecule has 2 aliphatic rings. The van der Waals surface area contributed by atoms with E-state index in [1.54, 1.807) is 12.1 Å². The zero-order valence-corrected chi connectivity index (χ0v) is 12.8. The molecule has 1 fully saturated rings. The van der Waals surface area contributed by atoms with Crippen molar-refractivity contribution in [3.8, 4) is 0 Å². The van der Waals surface area contributed by atoms with Crippen LogP contribution in [0.5, 0.6) is 0 Å². The second-order valence-electron chi connectivity index (χ2n) is 5.53. The van der Waals surface area contributed by atoms with Crippen LogP contribution >= 0.6 is 0 Å². The van der Waals surface area contributed by atoms with Crippen molar-refractivity contribution < 1.29 is 22.7 Å². The zero-order chi connectivity index (χ0) is 15.7. The van der Waals surface area contributed by atoms with Crippen LogP contribution in [0.25, 0.3) is 0 Å². The van der Waals surface area contributed by atoms with Crippen LogP contribution in [0, 0.1) is 5.92 Å². The minimum Gasteiger partial charge on any atom is -0.464 e. The Hall–Kier alpha value is -1.89. The van der Waals surface area contributed by atoms with Crippen molar-refractivity contribution >= 4 is 21.9 Å². The van der Waals surface area contributed by atoms with Gasteiger partial charge in [-0.25, -0.2) is 12.7 Å². The molecule has 1 saturated carbocycles. The summed E-state index contributed by atoms with van der Waals surface area (Å²) in [6, 6.07) is 6.09. The fraction of sp³-hybridized carbons (Fsp3) is 0.467. The molecule has 0 radical (unpaired) electrons. The minimum absolute atomic E-state index is 0.0159. The number of benzene rings is 1. The highest BCUT2D eigenvalue weighted by Gasteiger charge is 2.40. The van der Waals surface area contributed by atoms with Crippen molar-refractivity contribution in [2.24, 2.45) is 5.92 Å². The van der Waals surface area contributed by atoms with Crippen LogP contribution in [0.15, 0.2) is 29.2 Å². The third kappa shape index (κ3) is 2.49. The summed E-state index contributed by atoms with van der Waals surface area (Å²) in [6.07, 6.45) is 3.69. The number of amides is 1. The van der Waals surface area contributed by atoms with E-state index in [1.807, 2.05) is 0 Å². The summed E-state index contributed by atoms with van der Waals surface area (Å²) >= 11 is 0. The van der Waals surface area contributed by atoms with E-state index in [4.69, 9.17) is 4.74 Å². The van der Waals surface area contributed by atoms with Gasteiger partial charge in [0.25, 0.3) is 15.9 Å². The lowest BCUT2D eigenvalue weighted by molar-refractivity contribution is -0.148. The maximum atomic E-state index is 12.3. The van der Waals surface area contributed by atoms with Crippen LogP contribution in [-0.4, -0.2) is 37.8 Å². The molecule has 0 atom stereocenters. The maximum Gasteiger partial charge on any atom is 0.308 e. The molecule has 22 heavy (non-hydrogen) atoms. The van der Waals surface area contributed by atoms with Gasteiger partial charge in [0.15, 0.2) is 0 Å². The topological polar surface area (TPSA) is 80.8 Å². The lowest BCUT2D eigenvalue weighted by atomic mass is 10.1. The summed E-state index contributed by atoms with van der Waals surface area (Å²) in [5.74, 6) is -0.936. The van der Waals surface area contributed by atoms with E-state index in [-0.39, 0.29) is 35.5 Å². The Morgan fingerprint density at radius 1 is 1.23 bits per heavy atom. The highest BCUT2D eigenvalue weighted by atomic mass is 32.2. The van der Waals surface area contributed by atoms with Gasteiger partial charge < -0.3 is 4.74 Å². The summed E-state index contributed by atoms with van der Waals surface area (Å²) in [7, 11) is -3.82. The van der Waals surface area contributed by atoms with Gasteiger partial charge in [0.2, 0.25) is 0 Å². The Balaban J connectivity index is 1.64. The van der Waals surface area contributed by atoms with Gasteiger partial charge >= 0.3 is 5.97 Å². The highest BCUT2D eigenvalue weighted by Crippen LogP contribution is 2.30. The first-order valence-corrected chi connectivity index (χ1v) is 8.78. The molecule has 3 rings (SSSR count). The van der Waals surface area contributed by atoms with Crippen LogP contribution in [-0.2, 0) is 19.6 Å². The average Bonchev–Trinajstić information content (AvgIpc) is 3.10. The van der Waals surface area contributed by atoms with Gasteiger partial charge in [-0.05, 0) is 25.0 Å². The van der Waals surface area contributed by atoms with Crippen LogP contribution in [0.4, 0.5) is 0 Å². The van der Waals surface area contributed by atoms with E-state index >= 15 is 0 Å². The third-order valence-corrected chi connectivity index (χ3v) is 5.98. The largest absolute Gasteiger partial charge is 0.464 e. The number of carbonyl (C=O) groups excluding carboxylic acids is 2. The zero-order valence-electron chi connectivity index (χ0n) is 12.0. The lowest BCUT2D eigenvalue weighted by Gasteiger charge is -2.16. The fourth-order valence-electron chi connectivity index (χ4n) is 2.96. The predicted octanol–water partition coefficient (Wildman–Crippen LogP) is 1.56. The average molecular weight is 323 g/mol. The second-order valence-corrected chi connectivity index (χ2v) is 7.36. The molecule has 0 unspecified atom stereocenters. The first kappa shape index (κ1) is 15.0. The number of hydrogen-bond acceptors (Lipinski definition) is 5. The molecule has 1 aromatic carbocycles. The Bertz CT molecular complexity index is 706. The summed E-state index contributed by atoms with van der Waals surface area (Å²) < 4.78 is 30.5. The van der Waals surface area contributed by atoms with Crippen molar-refractivity contribution in [2.45, 2.75) is 30.6 Å². The van der Waals surface area contributed by atoms with Gasteiger partial charge in [-0.2, -0.15) is 0 Å². The molecule has 0 aromatic heterocycles. The number of esters is 1. The van der Waals surface area contributed by atoms with E-state index in [0.717, 1.165) is 30.0 Å². The summed E-state index contributed by atoms with van der Waals surface area (Å²) in [5, 5.41) is 0. The molecule has 1 heterocycles. The molecule has 0 bridgehead atoms. The Labute approximate surface area is 129 Å². The van der Waals surface area contributed by atoms with Gasteiger partial charge in [-0.1, -0.05) is 25.0 Å². The monoisotopic (exact) mass is 323 g/mol. The van der Waals surface area contributed by atoms with Gasteiger partial charge in [-0.3, -0.25) is 9.59 Å². The Morgan fingerprint density at radius 2 is 1.91 bits per heavy atom. The Kier molecular flexibility index (Phi) is 3.90. The molecule has 118 valence electrons. The van der Waals surface area contributed by atoms with E-state index in [0.29, 0.717) is 0 Å². The molecule has 0 saturated heterocycles. The fourth-order valence-corrected chi connectivity index (χ4v) is 4.51. The Morgan fingerprint density at radius 3 is 2.59 bits per heavy atom. The number of carbonyl (C=O) groups is 2. The summed E-state index contributed by atoms with van der Waals surface area (Å²) in [6.45, 7) is -0.247. The van der Waals surface area contributed by atoms with Crippen LogP contribution < -0.4 is 0 Å². The van der Waals surface area contributed by atoms with E-state index in [9.17, 15) is 18.0 Å². The molecule has 6 nitrogen and oxygen atoms in total. The van der Waals surface area contributed by atoms with Crippen molar-refractivity contribution in [1.29, 1.82) is 0 Å². The quantitative estimate of drug-likeness (QED) is 0.786. The molecular weight excluding hydrogens is 306 g/mol. The predicted molar refractivity (Wildman–Crippen MR) is 77.6 cm³/mol. The van der Waals surface area contributed by atoms with Crippen molar-refractivity contribution in [2.75, 3.05) is 13.2 Å². The molecule has 1 aliphatic carbocycles. The molecular formula is C15H17NO5S. The first-order chi connectivity index (χ1) is 10.5. The molecule has 1 aromatic rings. The summed E-state index contributed by atoms with van der Waals surface area (Å²) in [5.41, 5.74) is 0.171. The molecule has 0 spiro atoms. The molecule has 7 heteroatoms. The standard InChI is InChI=1S/C15H17NO5S/c17-14-12-7-3-4-8-13(12)22(19,20)16(14)9-10-21-15(18)11-5-1-2-6-11/h3-4,7-8,11H,1-2,5-6,9-10H2. The van der Waals surface area contributed by atoms with Gasteiger partial charge in [-0.15, -0.1) is 0 Å². The third-order valence-electron chi connectivity index (χ3n) is 4.14. The van der Waals surface area contributed by atoms with Crippen molar-refractivity contribution in [1.82, 2.24) is 4.31 Å². The van der Waals surface area contributed by atoms with Gasteiger partial charge in [0.1, 0.15) is 11.5 Å². The van der Waals surface area contributed by atoms with Crippen LogP contribution in [0.1, 0.15) is 36.0 Å². The van der Waals surface area contributed by atoms with E-state index in [1.165, 1.54) is 12.1 Å². The molecule has 1 amide bonds. The van der Waals surface area contributed by atoms with E-state index < -0.39 is 15.9 Å². The van der Waals surface area contributed by atoms with Crippen LogP contribution in [0.2, 0.25) is 0 Å². The minimum atomic E-state index is -3.82. The van der Waals surface area contributed by atoms with Crippen LogP contribution in [0.3, 0.4) is 0 Å². The highest BCUT2D eigenvalue weighted by molar-refractivity contribution is 7.90. The number of rotatable bonds is 4. The van der Waals surface area contributed by atoms with Gasteiger partial charge in [0.05, 0.1) is 18.0 Å². The number of nitrogens with zero attached hydrogens (tertiary/aromatic N) is 1. The van der Waals surface area contributed by atoms with E-state index in [2.05, 4.69) is 0 Å². The summed E-state index contributed by atoms with van der Waals surface area (Å²) in [4.78, 5) is 24.0. The number of hydrogen-bond donors (Lipinski definition) is 0. The number of sulfonamides is 1. The smallest absolute Gasteiger partial charge is 0.308 e. The lowest BCUT2D eigenvalue weighted by Crippen LogP contribution is -2.34. The second kappa shape index (κ2) is 5.72. The normalized spacial score (nSPS) is 20.2. The SMILES string of the molecule is O=C(OCCN1C(=O)c2ccccc2S1(=O)=O)C1CCCC1. The number of fused-ring (bicyclic) bond motifs is 1. The maximum absolute atomic E-state index is 12.3. The van der Waals surface area contributed by atoms with Gasteiger partial charge in [0, 0.05) is 0 Å².